The van der Waals surface area contributed by atoms with E-state index >= 15 is 0 Å². The van der Waals surface area contributed by atoms with Gasteiger partial charge in [0.05, 0.1) is 0 Å². The molecule has 0 amide bonds. The first-order valence-corrected chi connectivity index (χ1v) is 8.42. The zero-order valence-corrected chi connectivity index (χ0v) is 13.5. The predicted molar refractivity (Wildman–Crippen MR) is 84.8 cm³/mol. The van der Waals surface area contributed by atoms with Crippen molar-refractivity contribution in [2.75, 3.05) is 6.54 Å². The maximum absolute atomic E-state index is 4.29. The molecule has 1 atom stereocenters. The fraction of sp³-hybridized carbons (Fsp3) is 0.824. The average molecular weight is 277 g/mol. The third-order valence-corrected chi connectivity index (χ3v) is 5.30. The maximum Gasteiger partial charge on any atom is 0.0492 e. The van der Waals surface area contributed by atoms with Gasteiger partial charge in [0.25, 0.3) is 0 Å². The van der Waals surface area contributed by atoms with Crippen LogP contribution in [0.25, 0.3) is 0 Å². The molecule has 1 saturated carbocycles. The first-order valence-electron chi connectivity index (χ1n) is 8.42. The minimum absolute atomic E-state index is 0.549. The van der Waals surface area contributed by atoms with Crippen LogP contribution in [0.3, 0.4) is 0 Å². The van der Waals surface area contributed by atoms with Crippen LogP contribution >= 0.6 is 0 Å². The molecule has 1 aliphatic rings. The zero-order valence-electron chi connectivity index (χ0n) is 13.5. The van der Waals surface area contributed by atoms with E-state index in [-0.39, 0.29) is 0 Å². The molecule has 0 bridgehead atoms. The Labute approximate surface area is 124 Å². The van der Waals surface area contributed by atoms with Gasteiger partial charge in [0.1, 0.15) is 0 Å². The van der Waals surface area contributed by atoms with Crippen LogP contribution in [0.1, 0.15) is 64.5 Å². The third-order valence-electron chi connectivity index (χ3n) is 5.30. The average Bonchev–Trinajstić information content (AvgIpc) is 3.09. The lowest BCUT2D eigenvalue weighted by Gasteiger charge is -2.38. The van der Waals surface area contributed by atoms with E-state index in [2.05, 4.69) is 37.4 Å². The van der Waals surface area contributed by atoms with Crippen molar-refractivity contribution in [3.63, 3.8) is 0 Å². The lowest BCUT2D eigenvalue weighted by Crippen LogP contribution is -2.44. The second-order valence-electron chi connectivity index (χ2n) is 6.41. The number of nitrogens with one attached hydrogen (secondary N) is 1. The molecule has 1 heterocycles. The summed E-state index contributed by atoms with van der Waals surface area (Å²) >= 11 is 0. The van der Waals surface area contributed by atoms with Crippen LogP contribution in [0.5, 0.6) is 0 Å². The van der Waals surface area contributed by atoms with Crippen molar-refractivity contribution in [2.24, 2.45) is 12.5 Å². The van der Waals surface area contributed by atoms with Gasteiger partial charge < -0.3 is 5.32 Å². The van der Waals surface area contributed by atoms with Gasteiger partial charge in [-0.05, 0) is 56.6 Å². The Balaban J connectivity index is 2.01. The molecule has 0 aliphatic heterocycles. The van der Waals surface area contributed by atoms with E-state index in [1.54, 1.807) is 0 Å². The van der Waals surface area contributed by atoms with Crippen molar-refractivity contribution in [3.8, 4) is 0 Å². The van der Waals surface area contributed by atoms with Gasteiger partial charge in [0.15, 0.2) is 0 Å². The van der Waals surface area contributed by atoms with Crippen LogP contribution < -0.4 is 5.32 Å². The summed E-state index contributed by atoms with van der Waals surface area (Å²) in [6.45, 7) is 5.80. The summed E-state index contributed by atoms with van der Waals surface area (Å²) in [5.41, 5.74) is 1.91. The van der Waals surface area contributed by atoms with Gasteiger partial charge in [0.2, 0.25) is 0 Å². The molecular weight excluding hydrogens is 246 g/mol. The molecule has 1 N–H and O–H groups in total. The molecule has 1 aliphatic carbocycles. The highest BCUT2D eigenvalue weighted by atomic mass is 15.2. The van der Waals surface area contributed by atoms with E-state index in [0.29, 0.717) is 11.5 Å². The standard InChI is InChI=1S/C17H31N3/c1-4-13-18-16(17(5-2)11-6-7-12-17)9-8-15-10-14-19-20(15)3/h10,14,16,18H,4-9,11-13H2,1-3H3. The molecule has 0 spiro atoms. The summed E-state index contributed by atoms with van der Waals surface area (Å²) in [7, 11) is 2.05. The second kappa shape index (κ2) is 7.26. The first kappa shape index (κ1) is 15.6. The zero-order chi connectivity index (χ0) is 14.4. The molecule has 2 rings (SSSR count). The van der Waals surface area contributed by atoms with Crippen LogP contribution in [0.4, 0.5) is 0 Å². The topological polar surface area (TPSA) is 29.9 Å². The summed E-state index contributed by atoms with van der Waals surface area (Å²) in [5.74, 6) is 0. The Morgan fingerprint density at radius 1 is 1.35 bits per heavy atom. The van der Waals surface area contributed by atoms with E-state index in [4.69, 9.17) is 0 Å². The first-order chi connectivity index (χ1) is 9.72. The monoisotopic (exact) mass is 277 g/mol. The summed E-state index contributed by atoms with van der Waals surface area (Å²) in [6, 6.07) is 2.83. The van der Waals surface area contributed by atoms with Gasteiger partial charge >= 0.3 is 0 Å². The van der Waals surface area contributed by atoms with Crippen LogP contribution in [0.2, 0.25) is 0 Å². The molecule has 3 heteroatoms. The molecule has 114 valence electrons. The minimum atomic E-state index is 0.549. The summed E-state index contributed by atoms with van der Waals surface area (Å²) in [6.07, 6.45) is 12.5. The van der Waals surface area contributed by atoms with Crippen LogP contribution in [0.15, 0.2) is 12.3 Å². The summed E-state index contributed by atoms with van der Waals surface area (Å²) < 4.78 is 2.02. The highest BCUT2D eigenvalue weighted by molar-refractivity contribution is 5.02. The van der Waals surface area contributed by atoms with Crippen LogP contribution in [-0.4, -0.2) is 22.4 Å². The van der Waals surface area contributed by atoms with Gasteiger partial charge in [-0.25, -0.2) is 0 Å². The van der Waals surface area contributed by atoms with Crippen molar-refractivity contribution in [1.29, 1.82) is 0 Å². The van der Waals surface area contributed by atoms with Gasteiger partial charge in [-0.15, -0.1) is 0 Å². The van der Waals surface area contributed by atoms with Crippen LogP contribution in [-0.2, 0) is 13.5 Å². The van der Waals surface area contributed by atoms with Crippen LogP contribution in [0, 0.1) is 5.41 Å². The number of nitrogens with zero attached hydrogens (tertiary/aromatic N) is 2. The molecule has 0 aromatic carbocycles. The van der Waals surface area contributed by atoms with Gasteiger partial charge in [-0.2, -0.15) is 5.10 Å². The van der Waals surface area contributed by atoms with Crippen molar-refractivity contribution < 1.29 is 0 Å². The number of hydrogen-bond donors (Lipinski definition) is 1. The Morgan fingerprint density at radius 2 is 2.10 bits per heavy atom. The van der Waals surface area contributed by atoms with E-state index in [9.17, 15) is 0 Å². The van der Waals surface area contributed by atoms with Crippen molar-refractivity contribution in [2.45, 2.75) is 71.3 Å². The van der Waals surface area contributed by atoms with Gasteiger partial charge in [-0.3, -0.25) is 4.68 Å². The molecule has 1 fully saturated rings. The molecule has 0 radical (unpaired) electrons. The Hall–Kier alpha value is -0.830. The van der Waals surface area contributed by atoms with E-state index in [1.807, 2.05) is 10.9 Å². The normalized spacial score (nSPS) is 19.4. The fourth-order valence-electron chi connectivity index (χ4n) is 3.91. The third kappa shape index (κ3) is 3.43. The van der Waals surface area contributed by atoms with E-state index in [0.717, 1.165) is 13.0 Å². The maximum atomic E-state index is 4.29. The molecule has 3 nitrogen and oxygen atoms in total. The molecule has 1 unspecified atom stereocenters. The molecule has 0 saturated heterocycles. The Bertz CT molecular complexity index is 391. The Morgan fingerprint density at radius 3 is 2.65 bits per heavy atom. The van der Waals surface area contributed by atoms with Gasteiger partial charge in [-0.1, -0.05) is 26.7 Å². The van der Waals surface area contributed by atoms with E-state index in [1.165, 1.54) is 50.6 Å². The van der Waals surface area contributed by atoms with Crippen molar-refractivity contribution in [1.82, 2.24) is 15.1 Å². The smallest absolute Gasteiger partial charge is 0.0492 e. The lowest BCUT2D eigenvalue weighted by molar-refractivity contribution is 0.176. The number of hydrogen-bond acceptors (Lipinski definition) is 2. The lowest BCUT2D eigenvalue weighted by atomic mass is 9.74. The molecule has 1 aromatic heterocycles. The number of aryl methyl sites for hydroxylation is 2. The van der Waals surface area contributed by atoms with E-state index < -0.39 is 0 Å². The summed E-state index contributed by atoms with van der Waals surface area (Å²) in [4.78, 5) is 0. The highest BCUT2D eigenvalue weighted by Gasteiger charge is 2.39. The summed E-state index contributed by atoms with van der Waals surface area (Å²) in [5, 5.41) is 8.14. The fourth-order valence-corrected chi connectivity index (χ4v) is 3.91. The SMILES string of the molecule is CCCNC(CCc1ccnn1C)C1(CC)CCCC1. The largest absolute Gasteiger partial charge is 0.313 e. The minimum Gasteiger partial charge on any atom is -0.313 e. The van der Waals surface area contributed by atoms with Gasteiger partial charge in [0, 0.05) is 25.0 Å². The number of aromatic nitrogens is 2. The second-order valence-corrected chi connectivity index (χ2v) is 6.41. The number of rotatable bonds is 8. The predicted octanol–water partition coefficient (Wildman–Crippen LogP) is 3.69. The Kier molecular flexibility index (Phi) is 5.64. The molecule has 1 aromatic rings. The van der Waals surface area contributed by atoms with Crippen molar-refractivity contribution >= 4 is 0 Å². The quantitative estimate of drug-likeness (QED) is 0.785. The van der Waals surface area contributed by atoms with Crippen molar-refractivity contribution in [3.05, 3.63) is 18.0 Å². The molecular formula is C17H31N3. The molecule has 20 heavy (non-hydrogen) atoms. The highest BCUT2D eigenvalue weighted by Crippen LogP contribution is 2.45.